The summed E-state index contributed by atoms with van der Waals surface area (Å²) in [5, 5.41) is 12.8. The quantitative estimate of drug-likeness (QED) is 0.445. The van der Waals surface area contributed by atoms with Crippen molar-refractivity contribution in [1.82, 2.24) is 0 Å². The molecule has 0 radical (unpaired) electrons. The Morgan fingerprint density at radius 2 is 1.23 bits per heavy atom. The fourth-order valence-corrected chi connectivity index (χ4v) is 2.77. The van der Waals surface area contributed by atoms with Crippen molar-refractivity contribution in [3.8, 4) is 0 Å². The molecule has 0 aromatic heterocycles. The van der Waals surface area contributed by atoms with Gasteiger partial charge in [0, 0.05) is 5.56 Å². The van der Waals surface area contributed by atoms with Crippen LogP contribution in [0.5, 0.6) is 0 Å². The second-order valence-corrected chi connectivity index (χ2v) is 5.52. The molecule has 124 valence electrons. The predicted molar refractivity (Wildman–Crippen MR) is 101 cm³/mol. The van der Waals surface area contributed by atoms with Crippen molar-refractivity contribution in [2.45, 2.75) is 0 Å². The van der Waals surface area contributed by atoms with Crippen molar-refractivity contribution >= 4 is 33.8 Å². The minimum Gasteiger partial charge on any atom is -1.00 e. The van der Waals surface area contributed by atoms with E-state index in [0.29, 0.717) is 5.56 Å². The summed E-state index contributed by atoms with van der Waals surface area (Å²) in [6.07, 6.45) is 0.891. The van der Waals surface area contributed by atoms with Gasteiger partial charge in [0.15, 0.2) is 6.29 Å². The smallest absolute Gasteiger partial charge is 1.00 e. The van der Waals surface area contributed by atoms with E-state index in [1.807, 2.05) is 72.8 Å². The number of carbonyl (C=O) groups is 2. The molecule has 0 aliphatic carbocycles. The maximum atomic E-state index is 10.8. The predicted octanol–water partition coefficient (Wildman–Crippen LogP) is 2.31. The van der Waals surface area contributed by atoms with Gasteiger partial charge in [-0.2, -0.15) is 0 Å². The van der Waals surface area contributed by atoms with Crippen molar-refractivity contribution < 1.29 is 45.7 Å². The summed E-state index contributed by atoms with van der Waals surface area (Å²) in [5.41, 5.74) is 1.12. The Morgan fingerprint density at radius 3 is 1.85 bits per heavy atom. The van der Waals surface area contributed by atoms with Crippen LogP contribution in [0.25, 0.3) is 21.5 Å². The van der Waals surface area contributed by atoms with Gasteiger partial charge in [-0.25, -0.2) is 4.79 Å². The molecule has 0 heterocycles. The van der Waals surface area contributed by atoms with Gasteiger partial charge in [0.2, 0.25) is 0 Å². The van der Waals surface area contributed by atoms with Gasteiger partial charge in [-0.1, -0.05) is 78.9 Å². The van der Waals surface area contributed by atoms with Crippen LogP contribution >= 0.6 is 0 Å². The van der Waals surface area contributed by atoms with Crippen LogP contribution in [-0.4, -0.2) is 17.4 Å². The molecule has 4 heteroatoms. The number of rotatable bonds is 2. The van der Waals surface area contributed by atoms with Gasteiger partial charge in [0.25, 0.3) is 0 Å². The van der Waals surface area contributed by atoms with E-state index in [2.05, 4.69) is 0 Å². The van der Waals surface area contributed by atoms with Gasteiger partial charge in [-0.3, -0.25) is 4.79 Å². The van der Waals surface area contributed by atoms with Crippen LogP contribution < -0.4 is 29.6 Å². The third-order valence-corrected chi connectivity index (χ3v) is 3.97. The molecule has 0 fully saturated rings. The number of carboxylic acids is 1. The number of aldehydes is 1. The van der Waals surface area contributed by atoms with E-state index >= 15 is 0 Å². The molecule has 0 unspecified atom stereocenters. The van der Waals surface area contributed by atoms with E-state index in [1.54, 1.807) is 12.1 Å². The Bertz CT molecular complexity index is 1050. The Hall–Kier alpha value is -2.46. The topological polar surface area (TPSA) is 54.4 Å². The van der Waals surface area contributed by atoms with Gasteiger partial charge < -0.3 is 6.53 Å². The maximum Gasteiger partial charge on any atom is 1.00 e. The molecule has 1 N–H and O–H groups in total. The average Bonchev–Trinajstić information content (AvgIpc) is 2.67. The number of aromatic carboxylic acids is 1. The fraction of sp³-hybridized carbons (Fsp3) is 0. The molecule has 0 aliphatic rings. The zero-order valence-corrected chi connectivity index (χ0v) is 16.4. The number of fused-ring (bicyclic) bond motifs is 2. The van der Waals surface area contributed by atoms with Crippen molar-refractivity contribution in [3.05, 3.63) is 96.1 Å². The maximum absolute atomic E-state index is 10.8. The largest absolute Gasteiger partial charge is 1.00 e. The zero-order valence-electron chi connectivity index (χ0n) is 15.4. The van der Waals surface area contributed by atoms with Crippen LogP contribution in [0.15, 0.2) is 84.9 Å². The van der Waals surface area contributed by atoms with Gasteiger partial charge in [0.1, 0.15) is 0 Å². The Labute approximate surface area is 175 Å². The molecule has 0 aliphatic heterocycles. The molecule has 0 bridgehead atoms. The molecular weight excluding hydrogens is 335 g/mol. The Kier molecular flexibility index (Phi) is 7.10. The van der Waals surface area contributed by atoms with Gasteiger partial charge >= 0.3 is 35.5 Å². The minimum atomic E-state index is -0.878. The molecule has 4 aromatic rings. The van der Waals surface area contributed by atoms with Gasteiger partial charge in [0.05, 0.1) is 5.56 Å². The number of carboxylic acid groups (broad SMARTS) is 1. The average molecular weight is 352 g/mol. The number of carbonyl (C=O) groups excluding carboxylic acids is 1. The summed E-state index contributed by atoms with van der Waals surface area (Å²) in [4.78, 5) is 21.4. The molecule has 0 saturated carbocycles. The third-order valence-electron chi connectivity index (χ3n) is 3.97. The van der Waals surface area contributed by atoms with Gasteiger partial charge in [-0.15, -0.1) is 0 Å². The van der Waals surface area contributed by atoms with Crippen LogP contribution in [0.4, 0.5) is 0 Å². The summed E-state index contributed by atoms with van der Waals surface area (Å²) in [5.74, 6) is -0.878. The van der Waals surface area contributed by atoms with Crippen LogP contribution in [0.2, 0.25) is 0 Å². The Morgan fingerprint density at radius 1 is 0.731 bits per heavy atom. The zero-order chi connectivity index (χ0) is 17.6. The summed E-state index contributed by atoms with van der Waals surface area (Å²) in [6.45, 7) is 0. The first-order valence-electron chi connectivity index (χ1n) is 7.84. The summed E-state index contributed by atoms with van der Waals surface area (Å²) >= 11 is 0. The van der Waals surface area contributed by atoms with Crippen LogP contribution in [0.1, 0.15) is 22.1 Å². The van der Waals surface area contributed by atoms with Crippen molar-refractivity contribution in [1.29, 1.82) is 0 Å². The van der Waals surface area contributed by atoms with E-state index in [4.69, 9.17) is 5.11 Å². The first-order valence-corrected chi connectivity index (χ1v) is 7.84. The van der Waals surface area contributed by atoms with E-state index in [1.165, 1.54) is 0 Å². The molecule has 0 spiro atoms. The van der Waals surface area contributed by atoms with Crippen molar-refractivity contribution in [2.75, 3.05) is 0 Å². The number of hydrogen-bond donors (Lipinski definition) is 1. The standard InChI is InChI=1S/C11H8O2.C11H8O.Na.H/c12-11(13)10-7-3-5-8-4-1-2-6-9(8)10;12-8-10-6-3-5-9-4-1-2-7-11(9)10;;/h1-7H,(H,12,13);1-8H;;/q;;+1;-1. The number of benzene rings is 4. The van der Waals surface area contributed by atoms with Crippen LogP contribution in [-0.2, 0) is 0 Å². The first-order chi connectivity index (χ1) is 12.2. The minimum absolute atomic E-state index is 0. The number of hydrogen-bond acceptors (Lipinski definition) is 2. The first kappa shape index (κ1) is 19.9. The van der Waals surface area contributed by atoms with Crippen molar-refractivity contribution in [3.63, 3.8) is 0 Å². The molecular formula is C22H17NaO3. The summed E-state index contributed by atoms with van der Waals surface area (Å²) in [7, 11) is 0. The molecule has 0 amide bonds. The van der Waals surface area contributed by atoms with Crippen molar-refractivity contribution in [2.24, 2.45) is 0 Å². The molecule has 26 heavy (non-hydrogen) atoms. The normalized spacial score (nSPS) is 9.69. The van der Waals surface area contributed by atoms with Crippen LogP contribution in [0, 0.1) is 0 Å². The van der Waals surface area contributed by atoms with E-state index < -0.39 is 5.97 Å². The molecule has 0 atom stereocenters. The molecule has 4 rings (SSSR count). The van der Waals surface area contributed by atoms with E-state index in [0.717, 1.165) is 33.4 Å². The summed E-state index contributed by atoms with van der Waals surface area (Å²) in [6, 6.07) is 26.3. The van der Waals surface area contributed by atoms with Crippen LogP contribution in [0.3, 0.4) is 0 Å². The molecule has 0 saturated heterocycles. The Balaban J connectivity index is 0.000000252. The molecule has 3 nitrogen and oxygen atoms in total. The SMILES string of the molecule is O=C(O)c1cccc2ccccc12.O=Cc1cccc2ccccc12.[H-].[Na+]. The van der Waals surface area contributed by atoms with E-state index in [9.17, 15) is 9.59 Å². The van der Waals surface area contributed by atoms with Gasteiger partial charge in [-0.05, 0) is 27.6 Å². The molecule has 4 aromatic carbocycles. The van der Waals surface area contributed by atoms with E-state index in [-0.39, 0.29) is 31.0 Å². The fourth-order valence-electron chi connectivity index (χ4n) is 2.77. The monoisotopic (exact) mass is 352 g/mol. The third kappa shape index (κ3) is 4.38. The second kappa shape index (κ2) is 9.30. The summed E-state index contributed by atoms with van der Waals surface area (Å²) < 4.78 is 0. The second-order valence-electron chi connectivity index (χ2n) is 5.52.